The Labute approximate surface area is 113 Å². The van der Waals surface area contributed by atoms with Crippen molar-refractivity contribution in [1.29, 1.82) is 0 Å². The van der Waals surface area contributed by atoms with Gasteiger partial charge in [-0.15, -0.1) is 0 Å². The highest BCUT2D eigenvalue weighted by Gasteiger charge is 2.26. The summed E-state index contributed by atoms with van der Waals surface area (Å²) in [5.41, 5.74) is 1.11. The fourth-order valence-corrected chi connectivity index (χ4v) is 2.11. The van der Waals surface area contributed by atoms with Crippen molar-refractivity contribution < 1.29 is 14.3 Å². The zero-order valence-electron chi connectivity index (χ0n) is 11.3. The van der Waals surface area contributed by atoms with Crippen LogP contribution in [0.15, 0.2) is 24.3 Å². The summed E-state index contributed by atoms with van der Waals surface area (Å²) in [5.74, 6) is 0.869. The summed E-state index contributed by atoms with van der Waals surface area (Å²) >= 11 is 0. The normalized spacial score (nSPS) is 18.5. The van der Waals surface area contributed by atoms with E-state index in [-0.39, 0.29) is 18.0 Å². The average Bonchev–Trinajstić information content (AvgIpc) is 2.82. The lowest BCUT2D eigenvalue weighted by molar-refractivity contribution is -0.123. The van der Waals surface area contributed by atoms with Crippen LogP contribution in [0.1, 0.15) is 18.5 Å². The molecule has 2 unspecified atom stereocenters. The maximum atomic E-state index is 11.8. The zero-order valence-corrected chi connectivity index (χ0v) is 11.3. The van der Waals surface area contributed by atoms with Crippen LogP contribution in [0.4, 0.5) is 0 Å². The second-order valence-electron chi connectivity index (χ2n) is 4.57. The monoisotopic (exact) mass is 264 g/mol. The predicted octanol–water partition coefficient (Wildman–Crippen LogP) is 0.861. The summed E-state index contributed by atoms with van der Waals surface area (Å²) in [6.07, 6.45) is 0. The van der Waals surface area contributed by atoms with Crippen LogP contribution >= 0.6 is 0 Å². The molecular formula is C14H20N2O3. The molecule has 1 heterocycles. The minimum atomic E-state index is -0.267. The summed E-state index contributed by atoms with van der Waals surface area (Å²) < 4.78 is 10.5. The Morgan fingerprint density at radius 2 is 2.32 bits per heavy atom. The molecular weight excluding hydrogens is 244 g/mol. The van der Waals surface area contributed by atoms with Crippen LogP contribution < -0.4 is 15.4 Å². The van der Waals surface area contributed by atoms with E-state index >= 15 is 0 Å². The molecule has 2 atom stereocenters. The van der Waals surface area contributed by atoms with Crippen LogP contribution in [0, 0.1) is 0 Å². The molecule has 0 saturated carbocycles. The zero-order chi connectivity index (χ0) is 13.7. The van der Waals surface area contributed by atoms with Gasteiger partial charge in [0.2, 0.25) is 5.91 Å². The predicted molar refractivity (Wildman–Crippen MR) is 72.2 cm³/mol. The molecule has 1 amide bonds. The van der Waals surface area contributed by atoms with E-state index in [2.05, 4.69) is 10.6 Å². The van der Waals surface area contributed by atoms with Gasteiger partial charge in [-0.3, -0.25) is 10.1 Å². The third kappa shape index (κ3) is 3.45. The van der Waals surface area contributed by atoms with Crippen molar-refractivity contribution in [2.45, 2.75) is 19.0 Å². The number of amides is 1. The largest absolute Gasteiger partial charge is 0.491 e. The van der Waals surface area contributed by atoms with Crippen molar-refractivity contribution >= 4 is 5.91 Å². The van der Waals surface area contributed by atoms with E-state index < -0.39 is 0 Å². The van der Waals surface area contributed by atoms with Crippen LogP contribution in [-0.4, -0.2) is 38.8 Å². The van der Waals surface area contributed by atoms with Crippen molar-refractivity contribution in [2.24, 2.45) is 0 Å². The summed E-state index contributed by atoms with van der Waals surface area (Å²) in [6, 6.07) is 7.69. The van der Waals surface area contributed by atoms with Gasteiger partial charge in [0.1, 0.15) is 12.4 Å². The first kappa shape index (κ1) is 13.8. The first-order chi connectivity index (χ1) is 9.22. The number of hydrogen-bond acceptors (Lipinski definition) is 4. The number of para-hydroxylation sites is 1. The molecule has 0 bridgehead atoms. The van der Waals surface area contributed by atoms with Crippen molar-refractivity contribution in [3.05, 3.63) is 29.8 Å². The second kappa shape index (κ2) is 6.54. The minimum absolute atomic E-state index is 0.0265. The molecule has 5 nitrogen and oxygen atoms in total. The lowest BCUT2D eigenvalue weighted by Crippen LogP contribution is -2.44. The molecule has 1 aliphatic rings. The quantitative estimate of drug-likeness (QED) is 0.748. The van der Waals surface area contributed by atoms with Crippen molar-refractivity contribution in [1.82, 2.24) is 10.6 Å². The van der Waals surface area contributed by atoms with E-state index in [4.69, 9.17) is 9.47 Å². The molecule has 0 fully saturated rings. The Morgan fingerprint density at radius 1 is 1.53 bits per heavy atom. The number of rotatable bonds is 6. The Hall–Kier alpha value is -1.59. The van der Waals surface area contributed by atoms with Crippen LogP contribution in [-0.2, 0) is 9.53 Å². The third-order valence-corrected chi connectivity index (χ3v) is 3.15. The highest BCUT2D eigenvalue weighted by atomic mass is 16.5. The number of nitrogens with one attached hydrogen (secondary N) is 2. The first-order valence-electron chi connectivity index (χ1n) is 6.47. The van der Waals surface area contributed by atoms with Crippen LogP contribution in [0.3, 0.4) is 0 Å². The van der Waals surface area contributed by atoms with Crippen LogP contribution in [0.2, 0.25) is 0 Å². The molecule has 1 aliphatic heterocycles. The fourth-order valence-electron chi connectivity index (χ4n) is 2.11. The number of ether oxygens (including phenoxy) is 2. The van der Waals surface area contributed by atoms with Gasteiger partial charge in [-0.25, -0.2) is 0 Å². The summed E-state index contributed by atoms with van der Waals surface area (Å²) in [6.45, 7) is 3.46. The molecule has 1 aromatic rings. The van der Waals surface area contributed by atoms with Gasteiger partial charge >= 0.3 is 0 Å². The van der Waals surface area contributed by atoms with E-state index in [9.17, 15) is 4.79 Å². The fraction of sp³-hybridized carbons (Fsp3) is 0.500. The molecule has 2 N–H and O–H groups in total. The molecule has 0 radical (unpaired) electrons. The van der Waals surface area contributed by atoms with Crippen LogP contribution in [0.5, 0.6) is 5.75 Å². The number of benzene rings is 1. The SMILES string of the molecule is COCCNC(=O)C(C)NC1COc2ccccc21. The molecule has 0 aliphatic carbocycles. The maximum Gasteiger partial charge on any atom is 0.236 e. The number of carbonyl (C=O) groups excluding carboxylic acids is 1. The van der Waals surface area contributed by atoms with Gasteiger partial charge in [0.15, 0.2) is 0 Å². The Balaban J connectivity index is 1.86. The Morgan fingerprint density at radius 3 is 3.11 bits per heavy atom. The van der Waals surface area contributed by atoms with Gasteiger partial charge in [0.05, 0.1) is 18.7 Å². The Bertz CT molecular complexity index is 436. The molecule has 104 valence electrons. The summed E-state index contributed by atoms with van der Waals surface area (Å²) in [4.78, 5) is 11.8. The van der Waals surface area contributed by atoms with Gasteiger partial charge in [-0.05, 0) is 13.0 Å². The molecule has 0 spiro atoms. The molecule has 2 rings (SSSR count). The van der Waals surface area contributed by atoms with E-state index in [1.165, 1.54) is 0 Å². The van der Waals surface area contributed by atoms with E-state index in [1.807, 2.05) is 31.2 Å². The molecule has 1 aromatic carbocycles. The van der Waals surface area contributed by atoms with E-state index in [0.717, 1.165) is 11.3 Å². The molecule has 0 saturated heterocycles. The Kier molecular flexibility index (Phi) is 4.76. The number of fused-ring (bicyclic) bond motifs is 1. The van der Waals surface area contributed by atoms with Crippen LogP contribution in [0.25, 0.3) is 0 Å². The standard InChI is InChI=1S/C14H20N2O3/c1-10(14(17)15-7-8-18-2)16-12-9-19-13-6-4-3-5-11(12)13/h3-6,10,12,16H,7-9H2,1-2H3,(H,15,17). The molecule has 0 aromatic heterocycles. The van der Waals surface area contributed by atoms with Gasteiger partial charge in [-0.1, -0.05) is 18.2 Å². The lowest BCUT2D eigenvalue weighted by atomic mass is 10.1. The molecule has 19 heavy (non-hydrogen) atoms. The van der Waals surface area contributed by atoms with Gasteiger partial charge in [0, 0.05) is 19.2 Å². The van der Waals surface area contributed by atoms with Crippen molar-refractivity contribution in [3.8, 4) is 5.75 Å². The molecule has 5 heteroatoms. The average molecular weight is 264 g/mol. The minimum Gasteiger partial charge on any atom is -0.491 e. The van der Waals surface area contributed by atoms with Crippen molar-refractivity contribution in [2.75, 3.05) is 26.9 Å². The van der Waals surface area contributed by atoms with E-state index in [1.54, 1.807) is 7.11 Å². The second-order valence-corrected chi connectivity index (χ2v) is 4.57. The van der Waals surface area contributed by atoms with Gasteiger partial charge in [0.25, 0.3) is 0 Å². The van der Waals surface area contributed by atoms with Crippen molar-refractivity contribution in [3.63, 3.8) is 0 Å². The summed E-state index contributed by atoms with van der Waals surface area (Å²) in [7, 11) is 1.61. The maximum absolute atomic E-state index is 11.8. The highest BCUT2D eigenvalue weighted by molar-refractivity contribution is 5.81. The number of hydrogen-bond donors (Lipinski definition) is 2. The smallest absolute Gasteiger partial charge is 0.236 e. The number of methoxy groups -OCH3 is 1. The van der Waals surface area contributed by atoms with Gasteiger partial charge in [-0.2, -0.15) is 0 Å². The van der Waals surface area contributed by atoms with E-state index in [0.29, 0.717) is 19.8 Å². The number of carbonyl (C=O) groups is 1. The lowest BCUT2D eigenvalue weighted by Gasteiger charge is -2.18. The summed E-state index contributed by atoms with van der Waals surface area (Å²) in [5, 5.41) is 6.10. The van der Waals surface area contributed by atoms with Gasteiger partial charge < -0.3 is 14.8 Å². The third-order valence-electron chi connectivity index (χ3n) is 3.15. The topological polar surface area (TPSA) is 59.6 Å². The first-order valence-corrected chi connectivity index (χ1v) is 6.47. The highest BCUT2D eigenvalue weighted by Crippen LogP contribution is 2.31.